The van der Waals surface area contributed by atoms with E-state index in [1.54, 1.807) is 52.0 Å². The molecule has 15 heteroatoms. The molecule has 6 N–H and O–H groups in total. The number of aromatic nitrogens is 1. The van der Waals surface area contributed by atoms with Crippen LogP contribution in [0.25, 0.3) is 10.9 Å². The van der Waals surface area contributed by atoms with E-state index in [9.17, 15) is 33.1 Å². The van der Waals surface area contributed by atoms with Gasteiger partial charge in [0, 0.05) is 36.1 Å². The molecule has 3 aromatic rings. The number of rotatable bonds is 10. The van der Waals surface area contributed by atoms with Crippen molar-refractivity contribution in [2.24, 2.45) is 10.9 Å². The van der Waals surface area contributed by atoms with Crippen LogP contribution in [0.4, 0.5) is 15.3 Å². The van der Waals surface area contributed by atoms with E-state index in [-0.39, 0.29) is 52.8 Å². The van der Waals surface area contributed by atoms with Crippen molar-refractivity contribution in [3.05, 3.63) is 59.8 Å². The molecule has 0 spiro atoms. The van der Waals surface area contributed by atoms with Gasteiger partial charge in [0.2, 0.25) is 0 Å². The second-order valence-corrected chi connectivity index (χ2v) is 14.5. The predicted octanol–water partition coefficient (Wildman–Crippen LogP) is 4.28. The number of hydrogen-bond acceptors (Lipinski definition) is 8. The summed E-state index contributed by atoms with van der Waals surface area (Å²) >= 11 is 0. The number of carbonyl (C=O) groups excluding carboxylic acids is 2. The number of aryl methyl sites for hydroxylation is 1. The highest BCUT2D eigenvalue weighted by atomic mass is 32.2. The zero-order chi connectivity index (χ0) is 34.5. The largest absolute Gasteiger partial charge is 0.465 e. The fraction of sp³-hybridized carbons (Fsp3) is 0.438. The van der Waals surface area contributed by atoms with Crippen LogP contribution in [0.1, 0.15) is 69.4 Å². The summed E-state index contributed by atoms with van der Waals surface area (Å²) in [6.07, 6.45) is 0.419. The average Bonchev–Trinajstić information content (AvgIpc) is 3.33. The first-order chi connectivity index (χ1) is 22.1. The molecule has 14 nitrogen and oxygen atoms in total. The summed E-state index contributed by atoms with van der Waals surface area (Å²) in [4.78, 5) is 40.0. The number of oxime groups is 1. The van der Waals surface area contributed by atoms with Crippen molar-refractivity contribution >= 4 is 50.4 Å². The van der Waals surface area contributed by atoms with Crippen LogP contribution in [0.5, 0.6) is 0 Å². The lowest BCUT2D eigenvalue weighted by molar-refractivity contribution is 0.0487. The molecule has 0 aliphatic heterocycles. The third-order valence-corrected chi connectivity index (χ3v) is 9.65. The standard InChI is InChI=1S/C32H42N6O8S/c1-5-37(31(41)42)26-24-16-11-20(28(33)36-43)19-25(24)38(17-18-47(44,45)23-9-7-6-8-10-23)27(26)29(39)34-21-12-14-22(15-13-21)35-30(40)46-32(2,3)4/h6-11,16,19,21-22,43H,5,12-15,17-18H2,1-4H3,(H2,33,36)(H,34,39)(H,35,40)(H,41,42). The van der Waals surface area contributed by atoms with Gasteiger partial charge in [0.25, 0.3) is 5.91 Å². The van der Waals surface area contributed by atoms with Crippen LogP contribution in [-0.2, 0) is 21.1 Å². The molecule has 0 atom stereocenters. The van der Waals surface area contributed by atoms with Crippen molar-refractivity contribution in [2.75, 3.05) is 17.2 Å². The van der Waals surface area contributed by atoms with Gasteiger partial charge in [-0.1, -0.05) is 29.4 Å². The summed E-state index contributed by atoms with van der Waals surface area (Å²) in [5.74, 6) is -1.19. The highest BCUT2D eigenvalue weighted by Gasteiger charge is 2.32. The van der Waals surface area contributed by atoms with Crippen LogP contribution >= 0.6 is 0 Å². The fourth-order valence-corrected chi connectivity index (χ4v) is 6.97. The Morgan fingerprint density at radius 3 is 2.21 bits per heavy atom. The molecule has 1 aliphatic carbocycles. The lowest BCUT2D eigenvalue weighted by atomic mass is 9.91. The SMILES string of the molecule is CCN(C(=O)O)c1c(C(=O)NC2CCC(NC(=O)OC(C)(C)C)CC2)n(CCS(=O)(=O)c2ccccc2)c2cc(/C(N)=N/O)ccc12. The van der Waals surface area contributed by atoms with Gasteiger partial charge in [0.1, 0.15) is 11.3 Å². The van der Waals surface area contributed by atoms with E-state index < -0.39 is 39.3 Å². The van der Waals surface area contributed by atoms with Crippen molar-refractivity contribution in [1.29, 1.82) is 0 Å². The summed E-state index contributed by atoms with van der Waals surface area (Å²) < 4.78 is 33.5. The van der Waals surface area contributed by atoms with Crippen LogP contribution in [0, 0.1) is 0 Å². The van der Waals surface area contributed by atoms with E-state index in [0.717, 1.165) is 4.90 Å². The number of carboxylic acid groups (broad SMARTS) is 1. The highest BCUT2D eigenvalue weighted by molar-refractivity contribution is 7.91. The zero-order valence-electron chi connectivity index (χ0n) is 26.9. The number of nitrogens with two attached hydrogens (primary N) is 1. The van der Waals surface area contributed by atoms with Crippen molar-refractivity contribution in [1.82, 2.24) is 15.2 Å². The number of fused-ring (bicyclic) bond motifs is 1. The Bertz CT molecular complexity index is 1760. The molecule has 1 saturated carbocycles. The molecule has 1 aliphatic rings. The average molecular weight is 671 g/mol. The van der Waals surface area contributed by atoms with Crippen molar-refractivity contribution in [3.63, 3.8) is 0 Å². The fourth-order valence-electron chi connectivity index (χ4n) is 5.74. The molecular weight excluding hydrogens is 628 g/mol. The first-order valence-corrected chi connectivity index (χ1v) is 17.0. The topological polar surface area (TPSA) is 206 Å². The third kappa shape index (κ3) is 8.33. The lowest BCUT2D eigenvalue weighted by Crippen LogP contribution is -2.45. The van der Waals surface area contributed by atoms with E-state index in [1.165, 1.54) is 28.8 Å². The minimum Gasteiger partial charge on any atom is -0.465 e. The van der Waals surface area contributed by atoms with Gasteiger partial charge in [-0.05, 0) is 77.6 Å². The van der Waals surface area contributed by atoms with Crippen molar-refractivity contribution < 1.29 is 37.9 Å². The number of carbonyl (C=O) groups is 3. The van der Waals surface area contributed by atoms with E-state index in [2.05, 4.69) is 15.8 Å². The molecule has 2 aromatic carbocycles. The summed E-state index contributed by atoms with van der Waals surface area (Å²) in [6.45, 7) is 6.78. The number of amidine groups is 1. The smallest absolute Gasteiger partial charge is 0.411 e. The van der Waals surface area contributed by atoms with E-state index in [1.807, 2.05) is 0 Å². The third-order valence-electron chi connectivity index (χ3n) is 7.94. The molecule has 1 aromatic heterocycles. The molecule has 0 saturated heterocycles. The van der Waals surface area contributed by atoms with Gasteiger partial charge in [-0.2, -0.15) is 0 Å². The van der Waals surface area contributed by atoms with Crippen LogP contribution in [0.15, 0.2) is 58.6 Å². The minimum absolute atomic E-state index is 0.000469. The Labute approximate surface area is 273 Å². The second-order valence-electron chi connectivity index (χ2n) is 12.4. The normalized spacial score (nSPS) is 17.2. The molecule has 0 bridgehead atoms. The van der Waals surface area contributed by atoms with E-state index >= 15 is 0 Å². The summed E-state index contributed by atoms with van der Waals surface area (Å²) in [6, 6.07) is 12.1. The summed E-state index contributed by atoms with van der Waals surface area (Å²) in [7, 11) is -3.80. The molecule has 0 unspecified atom stereocenters. The zero-order valence-corrected chi connectivity index (χ0v) is 27.7. The Kier molecular flexibility index (Phi) is 10.7. The van der Waals surface area contributed by atoms with E-state index in [0.29, 0.717) is 36.6 Å². The van der Waals surface area contributed by atoms with Gasteiger partial charge in [0.05, 0.1) is 21.9 Å². The maximum Gasteiger partial charge on any atom is 0.411 e. The summed E-state index contributed by atoms with van der Waals surface area (Å²) in [5.41, 5.74) is 5.92. The van der Waals surface area contributed by atoms with Gasteiger partial charge in [-0.15, -0.1) is 0 Å². The quantitative estimate of drug-likeness (QED) is 0.0902. The Morgan fingerprint density at radius 2 is 1.66 bits per heavy atom. The van der Waals surface area contributed by atoms with Crippen LogP contribution in [0.2, 0.25) is 0 Å². The van der Waals surface area contributed by atoms with Crippen LogP contribution in [0.3, 0.4) is 0 Å². The molecule has 254 valence electrons. The first kappa shape index (κ1) is 35.1. The lowest BCUT2D eigenvalue weighted by Gasteiger charge is -2.31. The molecule has 0 radical (unpaired) electrons. The second kappa shape index (κ2) is 14.3. The van der Waals surface area contributed by atoms with Gasteiger partial charge in [0.15, 0.2) is 15.7 Å². The van der Waals surface area contributed by atoms with Gasteiger partial charge in [-0.25, -0.2) is 18.0 Å². The van der Waals surface area contributed by atoms with E-state index in [4.69, 9.17) is 10.5 Å². The van der Waals surface area contributed by atoms with Crippen molar-refractivity contribution in [2.45, 2.75) is 82.5 Å². The molecule has 1 fully saturated rings. The maximum absolute atomic E-state index is 14.2. The number of anilines is 1. The number of benzene rings is 2. The number of amides is 3. The maximum atomic E-state index is 14.2. The minimum atomic E-state index is -3.80. The number of nitrogens with one attached hydrogen (secondary N) is 2. The summed E-state index contributed by atoms with van der Waals surface area (Å²) in [5, 5.41) is 28.8. The van der Waals surface area contributed by atoms with Gasteiger partial charge >= 0.3 is 12.2 Å². The van der Waals surface area contributed by atoms with Gasteiger partial charge < -0.3 is 36.0 Å². The monoisotopic (exact) mass is 670 g/mol. The van der Waals surface area contributed by atoms with Crippen LogP contribution < -0.4 is 21.3 Å². The number of nitrogens with zero attached hydrogens (tertiary/aromatic N) is 3. The Balaban J connectivity index is 1.72. The Hall–Kier alpha value is -4.79. The number of hydrogen-bond donors (Lipinski definition) is 5. The number of alkyl carbamates (subject to hydrolysis) is 1. The molecule has 47 heavy (non-hydrogen) atoms. The van der Waals surface area contributed by atoms with Crippen LogP contribution in [-0.4, -0.2) is 77.2 Å². The molecule has 4 rings (SSSR count). The van der Waals surface area contributed by atoms with Gasteiger partial charge in [-0.3, -0.25) is 9.69 Å². The predicted molar refractivity (Wildman–Crippen MR) is 177 cm³/mol. The highest BCUT2D eigenvalue weighted by Crippen LogP contribution is 2.36. The molecule has 1 heterocycles. The molecule has 3 amide bonds. The molecular formula is C32H42N6O8S. The number of sulfone groups is 1. The Morgan fingerprint density at radius 1 is 1.04 bits per heavy atom. The number of ether oxygens (including phenoxy) is 1. The van der Waals surface area contributed by atoms with Crippen molar-refractivity contribution in [3.8, 4) is 0 Å². The first-order valence-electron chi connectivity index (χ1n) is 15.4.